The molecule has 0 unspecified atom stereocenters. The van der Waals surface area contributed by atoms with Gasteiger partial charge in [0.15, 0.2) is 0 Å². The summed E-state index contributed by atoms with van der Waals surface area (Å²) < 4.78 is 2.59. The van der Waals surface area contributed by atoms with Gasteiger partial charge in [0, 0.05) is 42.5 Å². The molecule has 0 aliphatic heterocycles. The highest BCUT2D eigenvalue weighted by molar-refractivity contribution is 7.25. The molecule has 1 aromatic heterocycles. The largest absolute Gasteiger partial charge is 0.309 e. The van der Waals surface area contributed by atoms with Gasteiger partial charge in [-0.15, -0.1) is 11.3 Å². The molecule has 9 aromatic carbocycles. The molecule has 0 N–H and O–H groups in total. The zero-order valence-corrected chi connectivity index (χ0v) is 29.2. The van der Waals surface area contributed by atoms with Gasteiger partial charge in [0.2, 0.25) is 0 Å². The Morgan fingerprint density at radius 2 is 0.769 bits per heavy atom. The molecule has 1 nitrogen and oxygen atoms in total. The molecule has 52 heavy (non-hydrogen) atoms. The summed E-state index contributed by atoms with van der Waals surface area (Å²) in [4.78, 5) is 2.50. The molecule has 10 rings (SSSR count). The van der Waals surface area contributed by atoms with Crippen LogP contribution in [-0.2, 0) is 0 Å². The van der Waals surface area contributed by atoms with E-state index in [4.69, 9.17) is 0 Å². The number of nitrogens with zero attached hydrogens (tertiary/aromatic N) is 1. The van der Waals surface area contributed by atoms with Crippen LogP contribution in [0.4, 0.5) is 17.1 Å². The summed E-state index contributed by atoms with van der Waals surface area (Å²) in [6, 6.07) is 73.0. The third-order valence-corrected chi connectivity index (χ3v) is 11.4. The van der Waals surface area contributed by atoms with Gasteiger partial charge in [-0.1, -0.05) is 164 Å². The second-order valence-electron chi connectivity index (χ2n) is 13.3. The third-order valence-electron chi connectivity index (χ3n) is 10.2. The normalized spacial score (nSPS) is 11.5. The van der Waals surface area contributed by atoms with Crippen molar-refractivity contribution in [2.45, 2.75) is 0 Å². The molecule has 0 aliphatic carbocycles. The topological polar surface area (TPSA) is 3.24 Å². The van der Waals surface area contributed by atoms with Crippen LogP contribution in [-0.4, -0.2) is 0 Å². The Morgan fingerprint density at radius 3 is 1.48 bits per heavy atom. The molecular weight excluding hydrogens is 647 g/mol. The maximum absolute atomic E-state index is 2.50. The van der Waals surface area contributed by atoms with Crippen LogP contribution in [0.3, 0.4) is 0 Å². The smallest absolute Gasteiger partial charge is 0.0624 e. The lowest BCUT2D eigenvalue weighted by atomic mass is 9.88. The van der Waals surface area contributed by atoms with Crippen LogP contribution >= 0.6 is 11.3 Å². The van der Waals surface area contributed by atoms with Crippen LogP contribution in [0.15, 0.2) is 200 Å². The molecule has 0 radical (unpaired) electrons. The van der Waals surface area contributed by atoms with E-state index >= 15 is 0 Å². The van der Waals surface area contributed by atoms with Gasteiger partial charge >= 0.3 is 0 Å². The van der Waals surface area contributed by atoms with Crippen LogP contribution < -0.4 is 4.90 Å². The summed E-state index contributed by atoms with van der Waals surface area (Å²) in [7, 11) is 0. The molecule has 1 heterocycles. The quantitative estimate of drug-likeness (QED) is 0.158. The molecule has 2 heteroatoms. The molecule has 0 bridgehead atoms. The summed E-state index contributed by atoms with van der Waals surface area (Å²) in [6.07, 6.45) is 0. The lowest BCUT2D eigenvalue weighted by Gasteiger charge is -2.31. The van der Waals surface area contributed by atoms with Crippen molar-refractivity contribution in [3.05, 3.63) is 200 Å². The van der Waals surface area contributed by atoms with Gasteiger partial charge in [-0.2, -0.15) is 0 Å². The summed E-state index contributed by atoms with van der Waals surface area (Å²) in [5.41, 5.74) is 10.6. The highest BCUT2D eigenvalue weighted by Crippen LogP contribution is 2.51. The molecule has 0 saturated carbocycles. The Bertz CT molecular complexity index is 2870. The van der Waals surface area contributed by atoms with Crippen molar-refractivity contribution in [1.82, 2.24) is 0 Å². The third kappa shape index (κ3) is 5.16. The summed E-state index contributed by atoms with van der Waals surface area (Å²) in [5.74, 6) is 0. The predicted octanol–water partition coefficient (Wildman–Crippen LogP) is 14.8. The number of thiophene rings is 1. The summed E-state index contributed by atoms with van der Waals surface area (Å²) >= 11 is 1.86. The van der Waals surface area contributed by atoms with Crippen LogP contribution in [0.2, 0.25) is 0 Å². The van der Waals surface area contributed by atoms with Crippen molar-refractivity contribution in [2.24, 2.45) is 0 Å². The van der Waals surface area contributed by atoms with Gasteiger partial charge < -0.3 is 4.90 Å². The van der Waals surface area contributed by atoms with E-state index in [9.17, 15) is 0 Å². The average molecular weight is 680 g/mol. The molecule has 0 aliphatic rings. The van der Waals surface area contributed by atoms with Gasteiger partial charge in [-0.05, 0) is 80.4 Å². The van der Waals surface area contributed by atoms with Crippen LogP contribution in [0.1, 0.15) is 0 Å². The highest BCUT2D eigenvalue weighted by Gasteiger charge is 2.24. The molecule has 0 fully saturated rings. The first-order chi connectivity index (χ1) is 25.8. The van der Waals surface area contributed by atoms with E-state index in [-0.39, 0.29) is 0 Å². The number of hydrogen-bond acceptors (Lipinski definition) is 2. The lowest BCUT2D eigenvalue weighted by Crippen LogP contribution is -2.12. The van der Waals surface area contributed by atoms with Crippen LogP contribution in [0, 0.1) is 0 Å². The van der Waals surface area contributed by atoms with Crippen LogP contribution in [0.5, 0.6) is 0 Å². The predicted molar refractivity (Wildman–Crippen MR) is 225 cm³/mol. The van der Waals surface area contributed by atoms with Crippen LogP contribution in [0.25, 0.3) is 75.1 Å². The second kappa shape index (κ2) is 12.7. The molecule has 0 amide bonds. The van der Waals surface area contributed by atoms with Crippen molar-refractivity contribution in [2.75, 3.05) is 4.90 Å². The highest BCUT2D eigenvalue weighted by atomic mass is 32.1. The van der Waals surface area contributed by atoms with E-state index < -0.39 is 0 Å². The van der Waals surface area contributed by atoms with Crippen molar-refractivity contribution in [1.29, 1.82) is 0 Å². The van der Waals surface area contributed by atoms with Gasteiger partial charge in [-0.25, -0.2) is 0 Å². The second-order valence-corrected chi connectivity index (χ2v) is 14.4. The zero-order valence-electron chi connectivity index (χ0n) is 28.4. The van der Waals surface area contributed by atoms with Crippen molar-refractivity contribution < 1.29 is 0 Å². The molecular formula is C50H33NS. The Hall–Kier alpha value is -6.48. The molecule has 0 spiro atoms. The Kier molecular flexibility index (Phi) is 7.41. The SMILES string of the molecule is c1ccc(-c2ccc(N(c3ccc4c(c3)sc3ccccc34)c3c(-c4ccccc4)c4cc(-c5ccccc5)ccc4c4ccccc34)cc2)cc1. The lowest BCUT2D eigenvalue weighted by molar-refractivity contribution is 1.31. The summed E-state index contributed by atoms with van der Waals surface area (Å²) in [6.45, 7) is 0. The van der Waals surface area contributed by atoms with Crippen molar-refractivity contribution >= 4 is 70.1 Å². The number of anilines is 3. The maximum Gasteiger partial charge on any atom is 0.0624 e. The minimum atomic E-state index is 1.11. The Labute approximate surface area is 307 Å². The fraction of sp³-hybridized carbons (Fsp3) is 0. The molecule has 0 atom stereocenters. The minimum absolute atomic E-state index is 1.11. The van der Waals surface area contributed by atoms with E-state index in [1.54, 1.807) is 0 Å². The first kappa shape index (κ1) is 30.4. The Balaban J connectivity index is 1.31. The standard InChI is InChI=1S/C50H33NS/c1-4-14-34(15-5-1)36-24-27-39(28-25-36)51(40-29-31-44-43-21-12-13-23-47(43)52-48(44)33-40)50-45-22-11-10-20-41(45)42-30-26-38(35-16-6-2-7-17-35)32-46(42)49(50)37-18-8-3-9-19-37/h1-33H. The van der Waals surface area contributed by atoms with E-state index in [0.29, 0.717) is 0 Å². The number of fused-ring (bicyclic) bond motifs is 6. The fourth-order valence-electron chi connectivity index (χ4n) is 7.81. The van der Waals surface area contributed by atoms with E-state index in [1.807, 2.05) is 11.3 Å². The molecule has 244 valence electrons. The van der Waals surface area contributed by atoms with Crippen molar-refractivity contribution in [3.8, 4) is 33.4 Å². The molecule has 0 saturated heterocycles. The van der Waals surface area contributed by atoms with E-state index in [1.165, 1.54) is 80.8 Å². The number of rotatable bonds is 6. The number of hydrogen-bond donors (Lipinski definition) is 0. The average Bonchev–Trinajstić information content (AvgIpc) is 3.60. The van der Waals surface area contributed by atoms with E-state index in [0.717, 1.165) is 11.4 Å². The van der Waals surface area contributed by atoms with E-state index in [2.05, 4.69) is 205 Å². The number of benzene rings is 9. The van der Waals surface area contributed by atoms with Gasteiger partial charge in [0.1, 0.15) is 0 Å². The fourth-order valence-corrected chi connectivity index (χ4v) is 8.95. The van der Waals surface area contributed by atoms with Gasteiger partial charge in [-0.3, -0.25) is 0 Å². The first-order valence-electron chi connectivity index (χ1n) is 17.8. The van der Waals surface area contributed by atoms with Gasteiger partial charge in [0.05, 0.1) is 5.69 Å². The van der Waals surface area contributed by atoms with Gasteiger partial charge in [0.25, 0.3) is 0 Å². The maximum atomic E-state index is 2.50. The Morgan fingerprint density at radius 1 is 0.288 bits per heavy atom. The monoisotopic (exact) mass is 679 g/mol. The van der Waals surface area contributed by atoms with Crippen molar-refractivity contribution in [3.63, 3.8) is 0 Å². The first-order valence-corrected chi connectivity index (χ1v) is 18.6. The summed E-state index contributed by atoms with van der Waals surface area (Å²) in [5, 5.41) is 7.53. The molecule has 10 aromatic rings. The minimum Gasteiger partial charge on any atom is -0.309 e. The zero-order chi connectivity index (χ0) is 34.4.